The Balaban J connectivity index is 0.000000240. The highest BCUT2D eigenvalue weighted by Crippen LogP contribution is 2.11. The third-order valence-corrected chi connectivity index (χ3v) is 4.47. The van der Waals surface area contributed by atoms with E-state index in [4.69, 9.17) is 14.2 Å². The van der Waals surface area contributed by atoms with Gasteiger partial charge in [-0.25, -0.2) is 0 Å². The first-order valence-corrected chi connectivity index (χ1v) is 10.8. The summed E-state index contributed by atoms with van der Waals surface area (Å²) in [6.45, 7) is 2.07. The van der Waals surface area contributed by atoms with Gasteiger partial charge in [-0.3, -0.25) is 0 Å². The molecule has 168 valence electrons. The smallest absolute Gasteiger partial charge is 0.0830 e. The van der Waals surface area contributed by atoms with Crippen LogP contribution in [0.15, 0.2) is 102 Å². The zero-order valence-corrected chi connectivity index (χ0v) is 20.7. The summed E-state index contributed by atoms with van der Waals surface area (Å²) in [7, 11) is 4.92. The van der Waals surface area contributed by atoms with E-state index in [1.807, 2.05) is 72.8 Å². The van der Waals surface area contributed by atoms with Crippen LogP contribution in [0.4, 0.5) is 0 Å². The summed E-state index contributed by atoms with van der Waals surface area (Å²) < 4.78 is 15.4. The Morgan fingerprint density at radius 2 is 0.906 bits per heavy atom. The van der Waals surface area contributed by atoms with Crippen LogP contribution < -0.4 is 0 Å². The quantitative estimate of drug-likeness (QED) is 0.325. The second kappa shape index (κ2) is 17.4. The SMILES string of the molecule is COC=Cc1ccc(Br)cc1.COC=Cc1ccc(C)cc1.COC=Cc1ccccc1. The first-order valence-electron chi connectivity index (χ1n) is 10.0. The van der Waals surface area contributed by atoms with Crippen molar-refractivity contribution in [1.82, 2.24) is 0 Å². The van der Waals surface area contributed by atoms with Crippen molar-refractivity contribution < 1.29 is 14.2 Å². The van der Waals surface area contributed by atoms with E-state index in [9.17, 15) is 0 Å². The van der Waals surface area contributed by atoms with Gasteiger partial charge in [0.25, 0.3) is 0 Å². The van der Waals surface area contributed by atoms with Gasteiger partial charge in [-0.2, -0.15) is 0 Å². The highest BCUT2D eigenvalue weighted by molar-refractivity contribution is 9.10. The number of hydrogen-bond donors (Lipinski definition) is 0. The number of rotatable bonds is 6. The fourth-order valence-electron chi connectivity index (χ4n) is 2.26. The summed E-state index contributed by atoms with van der Waals surface area (Å²) in [6, 6.07) is 26.3. The van der Waals surface area contributed by atoms with Gasteiger partial charge in [0.1, 0.15) is 0 Å². The lowest BCUT2D eigenvalue weighted by Gasteiger charge is -1.93. The predicted molar refractivity (Wildman–Crippen MR) is 140 cm³/mol. The normalized spacial score (nSPS) is 10.3. The Bertz CT molecular complexity index is 873. The number of benzene rings is 3. The Morgan fingerprint density at radius 1 is 0.531 bits per heavy atom. The number of aryl methyl sites for hydroxylation is 1. The standard InChI is InChI=1S/C10H12O.C9H9BrO.C9H10O/c1-9-3-5-10(6-4-9)7-8-11-2;1-11-7-6-8-2-4-9(10)5-3-8;1-10-8-7-9-5-3-2-4-6-9/h3-8H,1-2H3;2-7H,1H3;2-8H,1H3. The molecule has 0 aliphatic rings. The topological polar surface area (TPSA) is 27.7 Å². The molecule has 0 aliphatic heterocycles. The fourth-order valence-corrected chi connectivity index (χ4v) is 2.52. The van der Waals surface area contributed by atoms with E-state index >= 15 is 0 Å². The number of ether oxygens (including phenoxy) is 3. The van der Waals surface area contributed by atoms with E-state index in [0.29, 0.717) is 0 Å². The minimum atomic E-state index is 1.09. The first-order chi connectivity index (χ1) is 15.6. The van der Waals surface area contributed by atoms with Crippen LogP contribution in [0.5, 0.6) is 0 Å². The Kier molecular flexibility index (Phi) is 14.6. The van der Waals surface area contributed by atoms with Crippen LogP contribution in [-0.4, -0.2) is 21.3 Å². The van der Waals surface area contributed by atoms with Gasteiger partial charge in [0, 0.05) is 4.47 Å². The van der Waals surface area contributed by atoms with Crippen molar-refractivity contribution in [3.05, 3.63) is 124 Å². The van der Waals surface area contributed by atoms with Crippen molar-refractivity contribution in [2.75, 3.05) is 21.3 Å². The Morgan fingerprint density at radius 3 is 1.31 bits per heavy atom. The largest absolute Gasteiger partial charge is 0.504 e. The molecule has 0 aromatic heterocycles. The maximum atomic E-state index is 4.80. The molecule has 0 N–H and O–H groups in total. The second-order valence-corrected chi connectivity index (χ2v) is 7.40. The maximum Gasteiger partial charge on any atom is 0.0830 e. The molecule has 4 heteroatoms. The molecule has 0 bridgehead atoms. The molecular formula is C28H31BrO3. The molecule has 0 heterocycles. The third kappa shape index (κ3) is 13.1. The van der Waals surface area contributed by atoms with Crippen molar-refractivity contribution in [2.24, 2.45) is 0 Å². The molecule has 0 fully saturated rings. The van der Waals surface area contributed by atoms with Crippen molar-refractivity contribution in [3.8, 4) is 0 Å². The van der Waals surface area contributed by atoms with Gasteiger partial charge in [0.2, 0.25) is 0 Å². The van der Waals surface area contributed by atoms with E-state index in [1.165, 1.54) is 5.56 Å². The van der Waals surface area contributed by atoms with Crippen LogP contribution in [0.2, 0.25) is 0 Å². The molecule has 0 atom stereocenters. The molecule has 0 amide bonds. The van der Waals surface area contributed by atoms with E-state index in [0.717, 1.165) is 21.2 Å². The second-order valence-electron chi connectivity index (χ2n) is 6.49. The van der Waals surface area contributed by atoms with Crippen molar-refractivity contribution >= 4 is 34.2 Å². The summed E-state index contributed by atoms with van der Waals surface area (Å²) >= 11 is 3.36. The van der Waals surface area contributed by atoms with Crippen LogP contribution in [0.3, 0.4) is 0 Å². The van der Waals surface area contributed by atoms with E-state index in [-0.39, 0.29) is 0 Å². The van der Waals surface area contributed by atoms with Crippen LogP contribution in [0, 0.1) is 6.92 Å². The van der Waals surface area contributed by atoms with E-state index in [1.54, 1.807) is 40.1 Å². The van der Waals surface area contributed by atoms with Crippen molar-refractivity contribution in [3.63, 3.8) is 0 Å². The highest BCUT2D eigenvalue weighted by Gasteiger charge is 1.86. The molecule has 0 unspecified atom stereocenters. The van der Waals surface area contributed by atoms with E-state index < -0.39 is 0 Å². The Labute approximate surface area is 200 Å². The molecule has 3 nitrogen and oxygen atoms in total. The van der Waals surface area contributed by atoms with Gasteiger partial charge < -0.3 is 14.2 Å². The molecular weight excluding hydrogens is 464 g/mol. The predicted octanol–water partition coefficient (Wildman–Crippen LogP) is 7.98. The van der Waals surface area contributed by atoms with Gasteiger partial charge in [0.05, 0.1) is 40.1 Å². The van der Waals surface area contributed by atoms with Crippen molar-refractivity contribution in [2.45, 2.75) is 6.92 Å². The van der Waals surface area contributed by atoms with Gasteiger partial charge in [-0.15, -0.1) is 0 Å². The van der Waals surface area contributed by atoms with Gasteiger partial charge >= 0.3 is 0 Å². The molecule has 3 aromatic rings. The minimum absolute atomic E-state index is 1.09. The molecule has 0 saturated carbocycles. The zero-order valence-electron chi connectivity index (χ0n) is 19.1. The average Bonchev–Trinajstić information content (AvgIpc) is 2.83. The van der Waals surface area contributed by atoms with Gasteiger partial charge in [-0.1, -0.05) is 88.2 Å². The lowest BCUT2D eigenvalue weighted by molar-refractivity contribution is 0.341. The summed E-state index contributed by atoms with van der Waals surface area (Å²) in [4.78, 5) is 0. The summed E-state index contributed by atoms with van der Waals surface area (Å²) in [5.74, 6) is 0. The molecule has 3 aromatic carbocycles. The van der Waals surface area contributed by atoms with Crippen LogP contribution in [0.25, 0.3) is 18.2 Å². The lowest BCUT2D eigenvalue weighted by Crippen LogP contribution is -1.73. The monoisotopic (exact) mass is 494 g/mol. The highest BCUT2D eigenvalue weighted by atomic mass is 79.9. The van der Waals surface area contributed by atoms with Crippen LogP contribution >= 0.6 is 15.9 Å². The molecule has 3 rings (SSSR count). The number of halogens is 1. The molecule has 0 spiro atoms. The molecule has 0 aliphatic carbocycles. The fraction of sp³-hybridized carbons (Fsp3) is 0.143. The summed E-state index contributed by atoms with van der Waals surface area (Å²) in [6.07, 6.45) is 10.7. The van der Waals surface area contributed by atoms with E-state index in [2.05, 4.69) is 47.1 Å². The molecule has 32 heavy (non-hydrogen) atoms. The molecule has 0 radical (unpaired) electrons. The molecule has 0 saturated heterocycles. The Hall–Kier alpha value is -3.24. The summed E-state index contributed by atoms with van der Waals surface area (Å²) in [5, 5.41) is 0. The first kappa shape index (κ1) is 26.8. The number of hydrogen-bond acceptors (Lipinski definition) is 3. The lowest BCUT2D eigenvalue weighted by atomic mass is 10.1. The third-order valence-electron chi connectivity index (χ3n) is 3.94. The van der Waals surface area contributed by atoms with Gasteiger partial charge in [-0.05, 0) is 54.0 Å². The van der Waals surface area contributed by atoms with Crippen molar-refractivity contribution in [1.29, 1.82) is 0 Å². The number of methoxy groups -OCH3 is 3. The van der Waals surface area contributed by atoms with Gasteiger partial charge in [0.15, 0.2) is 0 Å². The maximum absolute atomic E-state index is 4.80. The summed E-state index contributed by atoms with van der Waals surface area (Å²) in [5.41, 5.74) is 4.73. The average molecular weight is 495 g/mol. The van der Waals surface area contributed by atoms with Crippen LogP contribution in [0.1, 0.15) is 22.3 Å². The zero-order chi connectivity index (χ0) is 23.4. The minimum Gasteiger partial charge on any atom is -0.504 e. The van der Waals surface area contributed by atoms with Crippen LogP contribution in [-0.2, 0) is 14.2 Å².